The summed E-state index contributed by atoms with van der Waals surface area (Å²) in [5.41, 5.74) is 22.4. The summed E-state index contributed by atoms with van der Waals surface area (Å²) in [6.45, 7) is 16.9. The maximum atomic E-state index is 5.86. The van der Waals surface area contributed by atoms with Gasteiger partial charge in [0.05, 0.1) is 0 Å². The third-order valence-corrected chi connectivity index (χ3v) is 25.4. The zero-order chi connectivity index (χ0) is 80.3. The fourth-order valence-electron chi connectivity index (χ4n) is 15.8. The number of para-hydroxylation sites is 7. The first-order valence-corrected chi connectivity index (χ1v) is 42.3. The van der Waals surface area contributed by atoms with Crippen LogP contribution in [0, 0.1) is 55.4 Å². The van der Waals surface area contributed by atoms with E-state index in [2.05, 4.69) is 316 Å². The number of furan rings is 5. The van der Waals surface area contributed by atoms with Gasteiger partial charge in [-0.15, -0.1) is 34.0 Å². The van der Waals surface area contributed by atoms with E-state index in [9.17, 15) is 0 Å². The van der Waals surface area contributed by atoms with Gasteiger partial charge in [0.2, 0.25) is 0 Å². The first-order valence-electron chi connectivity index (χ1n) is 39.9. The number of aryl methyl sites for hydroxylation is 8. The zero-order valence-electron chi connectivity index (χ0n) is 66.9. The van der Waals surface area contributed by atoms with Gasteiger partial charge in [0.25, 0.3) is 0 Å². The lowest BCUT2D eigenvalue weighted by Crippen LogP contribution is -1.78. The van der Waals surface area contributed by atoms with Crippen LogP contribution in [0.3, 0.4) is 0 Å². The second-order valence-corrected chi connectivity index (χ2v) is 33.4. The van der Waals surface area contributed by atoms with Gasteiger partial charge >= 0.3 is 0 Å². The molecule has 17 aromatic carbocycles. The summed E-state index contributed by atoms with van der Waals surface area (Å²) in [6.07, 6.45) is 0. The Hall–Kier alpha value is -13.6. The van der Waals surface area contributed by atoms with Gasteiger partial charge in [-0.05, 0) is 192 Å². The van der Waals surface area contributed by atoms with E-state index in [0.717, 1.165) is 55.8 Å². The number of fused-ring (bicyclic) bond motifs is 24. The van der Waals surface area contributed by atoms with Gasteiger partial charge in [-0.2, -0.15) is 0 Å². The highest BCUT2D eigenvalue weighted by Gasteiger charge is 2.14. The standard InChI is InChI=1S/C19H14O.4C13H10O.3C13H10S/c1-13-6-8-14(9-7-13)15-10-11-19-17(12-15)16-4-2-3-5-18(16)20-19;2*1-9-5-4-7-11-10-6-2-3-8-12(10)14-13(9)11;1-9-5-4-8-12-13(9)10-6-2-3-7-11(10)14-12;1-9-6-7-13-11(8-9)10-4-2-3-5-12(10)14-13;1-9-5-4-7-11-10-6-2-3-8-12(10)14-13(9)11;2*1-9-6-7-13-11(8-9)10-4-2-3-5-12(10)14-13/h2-12H,1H3;7*2-8H,1H3. The Morgan fingerprint density at radius 3 is 0.983 bits per heavy atom. The van der Waals surface area contributed by atoms with Crippen molar-refractivity contribution in [1.29, 1.82) is 0 Å². The highest BCUT2D eigenvalue weighted by Crippen LogP contribution is 2.40. The van der Waals surface area contributed by atoms with Crippen molar-refractivity contribution in [3.05, 3.63) is 408 Å². The highest BCUT2D eigenvalue weighted by atomic mass is 32.1. The van der Waals surface area contributed by atoms with Crippen molar-refractivity contribution in [2.24, 2.45) is 0 Å². The molecule has 0 saturated heterocycles. The smallest absolute Gasteiger partial charge is 0.138 e. The predicted molar refractivity (Wildman–Crippen MR) is 510 cm³/mol. The topological polar surface area (TPSA) is 65.7 Å². The molecule has 8 aromatic heterocycles. The van der Waals surface area contributed by atoms with Gasteiger partial charge in [-0.1, -0.05) is 283 Å². The van der Waals surface area contributed by atoms with Crippen molar-refractivity contribution in [3.8, 4) is 11.1 Å². The fraction of sp³-hybridized carbons (Fsp3) is 0.0727. The van der Waals surface area contributed by atoms with Crippen molar-refractivity contribution in [1.82, 2.24) is 0 Å². The molecule has 0 spiro atoms. The molecule has 5 nitrogen and oxygen atoms in total. The fourth-order valence-corrected chi connectivity index (χ4v) is 19.1. The Morgan fingerprint density at radius 1 is 0.169 bits per heavy atom. The van der Waals surface area contributed by atoms with Gasteiger partial charge < -0.3 is 22.1 Å². The van der Waals surface area contributed by atoms with Crippen molar-refractivity contribution in [2.45, 2.75) is 55.4 Å². The Balaban J connectivity index is 0.0000000932. The lowest BCUT2D eigenvalue weighted by atomic mass is 10.0. The van der Waals surface area contributed by atoms with Crippen LogP contribution in [0.15, 0.2) is 386 Å². The maximum Gasteiger partial charge on any atom is 0.138 e. The number of thiophene rings is 3. The molecule has 0 radical (unpaired) electrons. The molecule has 0 unspecified atom stereocenters. The van der Waals surface area contributed by atoms with E-state index in [1.54, 1.807) is 0 Å². The van der Waals surface area contributed by atoms with Crippen molar-refractivity contribution >= 4 is 204 Å². The second kappa shape index (κ2) is 33.3. The number of rotatable bonds is 1. The van der Waals surface area contributed by atoms with Crippen LogP contribution in [0.5, 0.6) is 0 Å². The van der Waals surface area contributed by atoms with Crippen LogP contribution in [0.1, 0.15) is 44.5 Å². The summed E-state index contributed by atoms with van der Waals surface area (Å²) >= 11 is 5.63. The average Bonchev–Trinajstić information content (AvgIpc) is 1.64. The first-order chi connectivity index (χ1) is 57.8. The van der Waals surface area contributed by atoms with Crippen LogP contribution >= 0.6 is 34.0 Å². The molecule has 0 fully saturated rings. The first kappa shape index (κ1) is 75.7. The molecule has 0 aliphatic carbocycles. The van der Waals surface area contributed by atoms with Crippen LogP contribution in [0.4, 0.5) is 0 Å². The third-order valence-electron chi connectivity index (χ3n) is 21.8. The van der Waals surface area contributed by atoms with E-state index in [4.69, 9.17) is 22.1 Å². The minimum Gasteiger partial charge on any atom is -0.456 e. The lowest BCUT2D eigenvalue weighted by Gasteiger charge is -2.02. The van der Waals surface area contributed by atoms with Crippen LogP contribution in [-0.2, 0) is 0 Å². The molecule has 0 atom stereocenters. The van der Waals surface area contributed by atoms with Gasteiger partial charge in [0, 0.05) is 114 Å². The van der Waals surface area contributed by atoms with Gasteiger partial charge in [-0.3, -0.25) is 0 Å². The Morgan fingerprint density at radius 2 is 0.475 bits per heavy atom. The quantitative estimate of drug-likeness (QED) is 0.164. The van der Waals surface area contributed by atoms with E-state index in [1.165, 1.54) is 170 Å². The van der Waals surface area contributed by atoms with Crippen molar-refractivity contribution in [3.63, 3.8) is 0 Å². The van der Waals surface area contributed by atoms with E-state index in [-0.39, 0.29) is 0 Å². The molecular weight excluding hydrogens is 1500 g/mol. The monoisotopic (exact) mass is 1580 g/mol. The van der Waals surface area contributed by atoms with Crippen molar-refractivity contribution < 1.29 is 22.1 Å². The Kier molecular flexibility index (Phi) is 21.4. The van der Waals surface area contributed by atoms with E-state index >= 15 is 0 Å². The van der Waals surface area contributed by atoms with Gasteiger partial charge in [-0.25, -0.2) is 0 Å². The van der Waals surface area contributed by atoms with Gasteiger partial charge in [0.1, 0.15) is 55.8 Å². The third kappa shape index (κ3) is 15.5. The minimum atomic E-state index is 0.946. The van der Waals surface area contributed by atoms with E-state index in [1.807, 2.05) is 137 Å². The molecular formula is C110H84O5S3. The molecule has 8 heterocycles. The molecule has 118 heavy (non-hydrogen) atoms. The highest BCUT2D eigenvalue weighted by molar-refractivity contribution is 7.26. The summed E-state index contributed by atoms with van der Waals surface area (Å²) in [6, 6.07) is 126. The summed E-state index contributed by atoms with van der Waals surface area (Å²) in [5, 5.41) is 20.4. The molecule has 0 aliphatic heterocycles. The summed E-state index contributed by atoms with van der Waals surface area (Å²) in [4.78, 5) is 0. The summed E-state index contributed by atoms with van der Waals surface area (Å²) < 4.78 is 37.2. The van der Waals surface area contributed by atoms with Crippen molar-refractivity contribution in [2.75, 3.05) is 0 Å². The molecule has 8 heteroatoms. The summed E-state index contributed by atoms with van der Waals surface area (Å²) in [5.74, 6) is 0. The molecule has 0 aliphatic rings. The average molecular weight is 1580 g/mol. The molecule has 0 amide bonds. The number of benzene rings is 17. The number of hydrogen-bond donors (Lipinski definition) is 0. The molecule has 25 rings (SSSR count). The van der Waals surface area contributed by atoms with Crippen LogP contribution < -0.4 is 0 Å². The molecule has 0 saturated carbocycles. The lowest BCUT2D eigenvalue weighted by molar-refractivity contribution is 0.665. The Labute approximate surface area is 696 Å². The molecule has 572 valence electrons. The Bertz CT molecular complexity index is 7360. The van der Waals surface area contributed by atoms with Gasteiger partial charge in [0.15, 0.2) is 0 Å². The SMILES string of the molecule is Cc1ccc(-c2ccc3oc4ccccc4c3c2)cc1.Cc1ccc2oc3ccccc3c2c1.Cc1ccc2sc3ccccc3c2c1.Cc1ccc2sc3ccccc3c2c1.Cc1cccc2c1oc1ccccc12.Cc1cccc2c1oc1ccccc12.Cc1cccc2c1sc1ccccc12.Cc1cccc2oc3ccccc3c12. The molecule has 0 bridgehead atoms. The second-order valence-electron chi connectivity index (χ2n) is 30.2. The maximum absolute atomic E-state index is 5.86. The van der Waals surface area contributed by atoms with E-state index < -0.39 is 0 Å². The van der Waals surface area contributed by atoms with E-state index in [0.29, 0.717) is 0 Å². The predicted octanol–water partition coefficient (Wildman–Crippen LogP) is 34.2. The molecule has 0 N–H and O–H groups in total. The van der Waals surface area contributed by atoms with Crippen LogP contribution in [-0.4, -0.2) is 0 Å². The van der Waals surface area contributed by atoms with Crippen LogP contribution in [0.25, 0.3) is 181 Å². The zero-order valence-corrected chi connectivity index (χ0v) is 69.4. The largest absolute Gasteiger partial charge is 0.456 e. The molecule has 25 aromatic rings. The minimum absolute atomic E-state index is 0.946. The normalized spacial score (nSPS) is 11.2. The summed E-state index contributed by atoms with van der Waals surface area (Å²) in [7, 11) is 0. The van der Waals surface area contributed by atoms with Crippen LogP contribution in [0.2, 0.25) is 0 Å². The number of hydrogen-bond acceptors (Lipinski definition) is 8.